The van der Waals surface area contributed by atoms with Gasteiger partial charge in [0.1, 0.15) is 11.9 Å². The molecular weight excluding hydrogens is 398 g/mol. The molecule has 162 valence electrons. The summed E-state index contributed by atoms with van der Waals surface area (Å²) in [6, 6.07) is 23.3. The molecule has 2 aromatic carbocycles. The summed E-state index contributed by atoms with van der Waals surface area (Å²) in [6.45, 7) is 2.76. The maximum atomic E-state index is 13.2. The number of pyridine rings is 1. The van der Waals surface area contributed by atoms with E-state index in [1.807, 2.05) is 55.7 Å². The molecule has 4 aromatic rings. The number of hydrogen-bond donors (Lipinski definition) is 2. The first-order valence-electron chi connectivity index (χ1n) is 10.7. The van der Waals surface area contributed by atoms with Crippen LogP contribution < -0.4 is 10.6 Å². The van der Waals surface area contributed by atoms with Crippen LogP contribution in [0.2, 0.25) is 0 Å². The third-order valence-electron chi connectivity index (χ3n) is 5.28. The standard InChI is InChI=1S/C26H27N5O/c1-19-11-13-20(14-12-19)15-16-27-25(21-7-4-3-5-8-21)26(32)30-24-10-6-9-23(29-24)22-17-28-31(2)18-22/h3-14,17-18,25,27H,15-16H2,1-2H3,(H,29,30,32)/t25-/m0/s1. The molecule has 0 bridgehead atoms. The van der Waals surface area contributed by atoms with Gasteiger partial charge in [0, 0.05) is 25.4 Å². The molecule has 0 saturated carbocycles. The molecular formula is C26H27N5O. The number of nitrogens with one attached hydrogen (secondary N) is 2. The first kappa shape index (κ1) is 21.5. The van der Waals surface area contributed by atoms with Crippen molar-refractivity contribution in [2.75, 3.05) is 11.9 Å². The zero-order chi connectivity index (χ0) is 22.3. The monoisotopic (exact) mass is 425 g/mol. The molecule has 2 N–H and O–H groups in total. The van der Waals surface area contributed by atoms with Crippen LogP contribution in [-0.4, -0.2) is 27.2 Å². The number of aromatic nitrogens is 3. The van der Waals surface area contributed by atoms with E-state index >= 15 is 0 Å². The Bertz CT molecular complexity index is 1170. The maximum Gasteiger partial charge on any atom is 0.247 e. The molecule has 1 amide bonds. The van der Waals surface area contributed by atoms with E-state index in [2.05, 4.69) is 51.9 Å². The predicted octanol–water partition coefficient (Wildman–Crippen LogP) is 4.30. The molecule has 6 nitrogen and oxygen atoms in total. The summed E-state index contributed by atoms with van der Waals surface area (Å²) in [5.74, 6) is 0.369. The highest BCUT2D eigenvalue weighted by molar-refractivity contribution is 5.95. The van der Waals surface area contributed by atoms with Gasteiger partial charge >= 0.3 is 0 Å². The number of amides is 1. The third-order valence-corrected chi connectivity index (χ3v) is 5.28. The number of carbonyl (C=O) groups excluding carboxylic acids is 1. The number of aryl methyl sites for hydroxylation is 2. The van der Waals surface area contributed by atoms with Crippen LogP contribution in [0.1, 0.15) is 22.7 Å². The second-order valence-electron chi connectivity index (χ2n) is 7.83. The van der Waals surface area contributed by atoms with E-state index in [1.165, 1.54) is 11.1 Å². The van der Waals surface area contributed by atoms with E-state index in [1.54, 1.807) is 16.9 Å². The molecule has 0 aliphatic carbocycles. The second kappa shape index (κ2) is 10.0. The molecule has 4 rings (SSSR count). The number of hydrogen-bond acceptors (Lipinski definition) is 4. The Morgan fingerprint density at radius 1 is 1.00 bits per heavy atom. The third kappa shape index (κ3) is 5.47. The molecule has 0 aliphatic rings. The van der Waals surface area contributed by atoms with Gasteiger partial charge in [0.05, 0.1) is 11.9 Å². The minimum Gasteiger partial charge on any atom is -0.309 e. The quantitative estimate of drug-likeness (QED) is 0.441. The Labute approximate surface area is 188 Å². The SMILES string of the molecule is Cc1ccc(CCN[C@H](C(=O)Nc2cccc(-c3cnn(C)c3)n2)c2ccccc2)cc1. The molecule has 2 aromatic heterocycles. The molecule has 0 unspecified atom stereocenters. The van der Waals surface area contributed by atoms with E-state index < -0.39 is 6.04 Å². The fraction of sp³-hybridized carbons (Fsp3) is 0.192. The van der Waals surface area contributed by atoms with Gasteiger partial charge < -0.3 is 10.6 Å². The van der Waals surface area contributed by atoms with Gasteiger partial charge in [0.15, 0.2) is 0 Å². The summed E-state index contributed by atoms with van der Waals surface area (Å²) in [7, 11) is 1.86. The summed E-state index contributed by atoms with van der Waals surface area (Å²) < 4.78 is 1.73. The van der Waals surface area contributed by atoms with Crippen molar-refractivity contribution < 1.29 is 4.79 Å². The number of benzene rings is 2. The van der Waals surface area contributed by atoms with E-state index in [-0.39, 0.29) is 5.91 Å². The van der Waals surface area contributed by atoms with Gasteiger partial charge in [-0.25, -0.2) is 4.98 Å². The number of anilines is 1. The Balaban J connectivity index is 1.47. The summed E-state index contributed by atoms with van der Waals surface area (Å²) in [5, 5.41) is 10.6. The summed E-state index contributed by atoms with van der Waals surface area (Å²) in [4.78, 5) is 17.8. The van der Waals surface area contributed by atoms with Gasteiger partial charge in [-0.1, -0.05) is 66.2 Å². The molecule has 0 fully saturated rings. The lowest BCUT2D eigenvalue weighted by Gasteiger charge is -2.19. The Morgan fingerprint density at radius 2 is 1.78 bits per heavy atom. The van der Waals surface area contributed by atoms with Gasteiger partial charge in [-0.2, -0.15) is 5.10 Å². The molecule has 0 spiro atoms. The highest BCUT2D eigenvalue weighted by Crippen LogP contribution is 2.20. The molecule has 32 heavy (non-hydrogen) atoms. The van der Waals surface area contributed by atoms with Crippen molar-refractivity contribution in [2.24, 2.45) is 7.05 Å². The maximum absolute atomic E-state index is 13.2. The normalized spacial score (nSPS) is 11.8. The van der Waals surface area contributed by atoms with Crippen molar-refractivity contribution >= 4 is 11.7 Å². The topological polar surface area (TPSA) is 71.8 Å². The molecule has 0 radical (unpaired) electrons. The van der Waals surface area contributed by atoms with Crippen LogP contribution in [0.4, 0.5) is 5.82 Å². The number of carbonyl (C=O) groups is 1. The van der Waals surface area contributed by atoms with E-state index in [9.17, 15) is 4.79 Å². The summed E-state index contributed by atoms with van der Waals surface area (Å²) in [5.41, 5.74) is 5.06. The van der Waals surface area contributed by atoms with Crippen molar-refractivity contribution in [3.05, 3.63) is 102 Å². The fourth-order valence-electron chi connectivity index (χ4n) is 3.54. The highest BCUT2D eigenvalue weighted by Gasteiger charge is 2.20. The van der Waals surface area contributed by atoms with Crippen LogP contribution in [0.25, 0.3) is 11.3 Å². The van der Waals surface area contributed by atoms with Gasteiger partial charge in [-0.05, 0) is 36.6 Å². The van der Waals surface area contributed by atoms with Crippen LogP contribution in [0.15, 0.2) is 85.2 Å². The predicted molar refractivity (Wildman–Crippen MR) is 127 cm³/mol. The van der Waals surface area contributed by atoms with E-state index in [0.717, 1.165) is 23.2 Å². The lowest BCUT2D eigenvalue weighted by Crippen LogP contribution is -2.34. The van der Waals surface area contributed by atoms with Gasteiger partial charge in [-0.15, -0.1) is 0 Å². The van der Waals surface area contributed by atoms with Crippen LogP contribution in [-0.2, 0) is 18.3 Å². The number of rotatable bonds is 8. The molecule has 1 atom stereocenters. The fourth-order valence-corrected chi connectivity index (χ4v) is 3.54. The van der Waals surface area contributed by atoms with Crippen molar-refractivity contribution in [3.63, 3.8) is 0 Å². The zero-order valence-electron chi connectivity index (χ0n) is 18.3. The first-order valence-corrected chi connectivity index (χ1v) is 10.7. The first-order chi connectivity index (χ1) is 15.6. The van der Waals surface area contributed by atoms with Crippen LogP contribution >= 0.6 is 0 Å². The number of nitrogens with zero attached hydrogens (tertiary/aromatic N) is 3. The Morgan fingerprint density at radius 3 is 2.50 bits per heavy atom. The van der Waals surface area contributed by atoms with Crippen molar-refractivity contribution in [1.29, 1.82) is 0 Å². The van der Waals surface area contributed by atoms with Crippen molar-refractivity contribution in [2.45, 2.75) is 19.4 Å². The Hall–Kier alpha value is -3.77. The van der Waals surface area contributed by atoms with E-state index in [0.29, 0.717) is 12.4 Å². The van der Waals surface area contributed by atoms with Crippen molar-refractivity contribution in [3.8, 4) is 11.3 Å². The van der Waals surface area contributed by atoms with Crippen LogP contribution in [0.3, 0.4) is 0 Å². The minimum atomic E-state index is -0.481. The summed E-state index contributed by atoms with van der Waals surface area (Å²) in [6.07, 6.45) is 4.49. The molecule has 6 heteroatoms. The average molecular weight is 426 g/mol. The largest absolute Gasteiger partial charge is 0.309 e. The molecule has 0 aliphatic heterocycles. The van der Waals surface area contributed by atoms with Gasteiger partial charge in [-0.3, -0.25) is 9.48 Å². The minimum absolute atomic E-state index is 0.143. The van der Waals surface area contributed by atoms with E-state index in [4.69, 9.17) is 0 Å². The van der Waals surface area contributed by atoms with Crippen LogP contribution in [0.5, 0.6) is 0 Å². The Kier molecular flexibility index (Phi) is 6.72. The van der Waals surface area contributed by atoms with Crippen molar-refractivity contribution in [1.82, 2.24) is 20.1 Å². The smallest absolute Gasteiger partial charge is 0.247 e. The summed E-state index contributed by atoms with van der Waals surface area (Å²) >= 11 is 0. The lowest BCUT2D eigenvalue weighted by atomic mass is 10.1. The van der Waals surface area contributed by atoms with Gasteiger partial charge in [0.25, 0.3) is 0 Å². The second-order valence-corrected chi connectivity index (χ2v) is 7.83. The highest BCUT2D eigenvalue weighted by atomic mass is 16.2. The molecule has 0 saturated heterocycles. The zero-order valence-corrected chi connectivity index (χ0v) is 18.3. The van der Waals surface area contributed by atoms with Gasteiger partial charge in [0.2, 0.25) is 5.91 Å². The van der Waals surface area contributed by atoms with Crippen LogP contribution in [0, 0.1) is 6.92 Å². The molecule has 2 heterocycles. The average Bonchev–Trinajstić information content (AvgIpc) is 3.25. The lowest BCUT2D eigenvalue weighted by molar-refractivity contribution is -0.118.